The van der Waals surface area contributed by atoms with E-state index in [1.165, 1.54) is 0 Å². The molecule has 2 aromatic rings. The summed E-state index contributed by atoms with van der Waals surface area (Å²) in [6, 6.07) is 16.8. The van der Waals surface area contributed by atoms with Crippen LogP contribution in [-0.2, 0) is 4.57 Å². The molecule has 0 aromatic heterocycles. The summed E-state index contributed by atoms with van der Waals surface area (Å²) in [6.07, 6.45) is 0. The van der Waals surface area contributed by atoms with E-state index in [2.05, 4.69) is 0 Å². The van der Waals surface area contributed by atoms with Gasteiger partial charge in [-0.3, -0.25) is 0 Å². The molecular formula is C13H12ClOP. The zero-order valence-corrected chi connectivity index (χ0v) is 10.6. The molecule has 2 aromatic carbocycles. The minimum atomic E-state index is -2.57. The Morgan fingerprint density at radius 3 is 2.12 bits per heavy atom. The fourth-order valence-electron chi connectivity index (χ4n) is 1.65. The Bertz CT molecular complexity index is 537. The van der Waals surface area contributed by atoms with E-state index in [1.54, 1.807) is 12.7 Å². The van der Waals surface area contributed by atoms with Crippen LogP contribution in [0.15, 0.2) is 54.6 Å². The number of rotatable bonds is 2. The van der Waals surface area contributed by atoms with Crippen LogP contribution in [0.4, 0.5) is 0 Å². The Morgan fingerprint density at radius 2 is 1.50 bits per heavy atom. The van der Waals surface area contributed by atoms with E-state index in [4.69, 9.17) is 11.6 Å². The summed E-state index contributed by atoms with van der Waals surface area (Å²) in [6.45, 7) is 1.75. The van der Waals surface area contributed by atoms with Crippen LogP contribution in [0.3, 0.4) is 0 Å². The highest BCUT2D eigenvalue weighted by molar-refractivity contribution is 7.78. The molecule has 1 nitrogen and oxygen atoms in total. The normalized spacial score (nSPS) is 14.4. The maximum Gasteiger partial charge on any atom is 0.141 e. The first kappa shape index (κ1) is 11.4. The number of halogens is 1. The van der Waals surface area contributed by atoms with E-state index in [-0.39, 0.29) is 0 Å². The molecular weight excluding hydrogens is 239 g/mol. The molecule has 2 rings (SSSR count). The van der Waals surface area contributed by atoms with Gasteiger partial charge >= 0.3 is 0 Å². The smallest absolute Gasteiger partial charge is 0.141 e. The lowest BCUT2D eigenvalue weighted by atomic mass is 10.4. The first-order valence-electron chi connectivity index (χ1n) is 5.00. The van der Waals surface area contributed by atoms with Gasteiger partial charge in [0.2, 0.25) is 0 Å². The molecule has 0 N–H and O–H groups in total. The maximum atomic E-state index is 12.8. The minimum absolute atomic E-state index is 0.567. The molecule has 0 aliphatic rings. The summed E-state index contributed by atoms with van der Waals surface area (Å²) in [4.78, 5) is 0. The molecule has 1 atom stereocenters. The van der Waals surface area contributed by atoms with Crippen molar-refractivity contribution in [2.24, 2.45) is 0 Å². The van der Waals surface area contributed by atoms with Gasteiger partial charge in [0.05, 0.1) is 5.02 Å². The highest BCUT2D eigenvalue weighted by atomic mass is 35.5. The summed E-state index contributed by atoms with van der Waals surface area (Å²) in [5, 5.41) is 2.13. The third-order valence-corrected chi connectivity index (χ3v) is 5.62. The quantitative estimate of drug-likeness (QED) is 0.748. The molecule has 0 saturated heterocycles. The van der Waals surface area contributed by atoms with E-state index >= 15 is 0 Å². The van der Waals surface area contributed by atoms with Crippen LogP contribution in [-0.4, -0.2) is 6.66 Å². The van der Waals surface area contributed by atoms with Crippen molar-refractivity contribution in [3.8, 4) is 0 Å². The van der Waals surface area contributed by atoms with E-state index in [9.17, 15) is 4.57 Å². The van der Waals surface area contributed by atoms with Gasteiger partial charge in [-0.05, 0) is 18.8 Å². The Balaban J connectivity index is 2.56. The van der Waals surface area contributed by atoms with Crippen molar-refractivity contribution in [3.05, 3.63) is 59.6 Å². The lowest BCUT2D eigenvalue weighted by Gasteiger charge is -2.14. The summed E-state index contributed by atoms with van der Waals surface area (Å²) >= 11 is 6.09. The van der Waals surface area contributed by atoms with Crippen LogP contribution < -0.4 is 10.6 Å². The van der Waals surface area contributed by atoms with Crippen molar-refractivity contribution in [2.45, 2.75) is 0 Å². The lowest BCUT2D eigenvalue weighted by Crippen LogP contribution is -2.15. The molecule has 16 heavy (non-hydrogen) atoms. The largest absolute Gasteiger partial charge is 0.314 e. The first-order chi connectivity index (χ1) is 7.62. The molecule has 82 valence electrons. The van der Waals surface area contributed by atoms with E-state index in [1.807, 2.05) is 48.5 Å². The van der Waals surface area contributed by atoms with Gasteiger partial charge in [0.25, 0.3) is 0 Å². The van der Waals surface area contributed by atoms with Gasteiger partial charge in [-0.15, -0.1) is 0 Å². The molecule has 0 amide bonds. The van der Waals surface area contributed by atoms with Crippen molar-refractivity contribution in [3.63, 3.8) is 0 Å². The van der Waals surface area contributed by atoms with Gasteiger partial charge in [0.15, 0.2) is 0 Å². The Morgan fingerprint density at radius 1 is 0.938 bits per heavy atom. The monoisotopic (exact) mass is 250 g/mol. The molecule has 0 bridgehead atoms. The summed E-state index contributed by atoms with van der Waals surface area (Å²) < 4.78 is 12.8. The number of hydrogen-bond acceptors (Lipinski definition) is 1. The SMILES string of the molecule is CP(=O)(c1ccccc1)c1ccccc1Cl. The summed E-state index contributed by atoms with van der Waals surface area (Å²) in [5.74, 6) is 0. The van der Waals surface area contributed by atoms with Crippen molar-refractivity contribution < 1.29 is 4.57 Å². The van der Waals surface area contributed by atoms with Gasteiger partial charge < -0.3 is 4.57 Å². The second-order valence-corrected chi connectivity index (χ2v) is 6.96. The van der Waals surface area contributed by atoms with Gasteiger partial charge in [-0.1, -0.05) is 54.1 Å². The second kappa shape index (κ2) is 4.45. The summed E-state index contributed by atoms with van der Waals surface area (Å²) in [7, 11) is -2.57. The summed E-state index contributed by atoms with van der Waals surface area (Å²) in [5.41, 5.74) is 0. The highest BCUT2D eigenvalue weighted by Gasteiger charge is 2.22. The van der Waals surface area contributed by atoms with Gasteiger partial charge in [-0.25, -0.2) is 0 Å². The van der Waals surface area contributed by atoms with Crippen LogP contribution in [0.5, 0.6) is 0 Å². The number of benzene rings is 2. The maximum absolute atomic E-state index is 12.8. The third-order valence-electron chi connectivity index (χ3n) is 2.56. The van der Waals surface area contributed by atoms with Crippen molar-refractivity contribution in [1.29, 1.82) is 0 Å². The molecule has 0 aliphatic heterocycles. The average Bonchev–Trinajstić information content (AvgIpc) is 2.30. The Labute approximate surface area is 100 Å². The van der Waals surface area contributed by atoms with Crippen LogP contribution in [0.1, 0.15) is 0 Å². The van der Waals surface area contributed by atoms with Crippen molar-refractivity contribution in [2.75, 3.05) is 6.66 Å². The lowest BCUT2D eigenvalue weighted by molar-refractivity contribution is 0.590. The van der Waals surface area contributed by atoms with Crippen LogP contribution in [0.2, 0.25) is 5.02 Å². The molecule has 0 spiro atoms. The first-order valence-corrected chi connectivity index (χ1v) is 7.54. The van der Waals surface area contributed by atoms with Crippen LogP contribution in [0, 0.1) is 0 Å². The third kappa shape index (κ3) is 2.07. The Hall–Kier alpha value is -1.04. The molecule has 0 saturated carbocycles. The topological polar surface area (TPSA) is 17.1 Å². The fraction of sp³-hybridized carbons (Fsp3) is 0.0769. The average molecular weight is 251 g/mol. The van der Waals surface area contributed by atoms with E-state index < -0.39 is 7.14 Å². The zero-order valence-electron chi connectivity index (χ0n) is 8.93. The van der Waals surface area contributed by atoms with Crippen molar-refractivity contribution >= 4 is 29.4 Å². The minimum Gasteiger partial charge on any atom is -0.314 e. The molecule has 0 aliphatic carbocycles. The standard InChI is InChI=1S/C13H12ClOP/c1-16(15,11-7-3-2-4-8-11)13-10-6-5-9-12(13)14/h2-10H,1H3. The predicted octanol–water partition coefficient (Wildman–Crippen LogP) is 3.28. The van der Waals surface area contributed by atoms with E-state index in [0.29, 0.717) is 5.02 Å². The number of hydrogen-bond donors (Lipinski definition) is 0. The van der Waals surface area contributed by atoms with Gasteiger partial charge in [-0.2, -0.15) is 0 Å². The molecule has 0 heterocycles. The van der Waals surface area contributed by atoms with Gasteiger partial charge in [0, 0.05) is 10.6 Å². The van der Waals surface area contributed by atoms with Crippen LogP contribution in [0.25, 0.3) is 0 Å². The molecule has 1 unspecified atom stereocenters. The Kier molecular flexibility index (Phi) is 3.18. The molecule has 0 fully saturated rings. The van der Waals surface area contributed by atoms with Crippen molar-refractivity contribution in [1.82, 2.24) is 0 Å². The highest BCUT2D eigenvalue weighted by Crippen LogP contribution is 2.40. The van der Waals surface area contributed by atoms with E-state index in [0.717, 1.165) is 10.6 Å². The molecule has 3 heteroatoms. The molecule has 0 radical (unpaired) electrons. The fourth-order valence-corrected chi connectivity index (χ4v) is 4.14. The zero-order chi connectivity index (χ0) is 11.6. The predicted molar refractivity (Wildman–Crippen MR) is 70.7 cm³/mol. The van der Waals surface area contributed by atoms with Gasteiger partial charge in [0.1, 0.15) is 7.14 Å². The second-order valence-electron chi connectivity index (χ2n) is 3.71. The van der Waals surface area contributed by atoms with Crippen LogP contribution >= 0.6 is 18.7 Å².